The maximum Gasteiger partial charge on any atom is 0.321 e. The number of amides is 3. The average molecular weight is 457 g/mol. The van der Waals surface area contributed by atoms with Crippen molar-refractivity contribution < 1.29 is 14.3 Å². The predicted molar refractivity (Wildman–Crippen MR) is 108 cm³/mol. The molecular formula is C17H21BrN4O4S. The molecule has 0 unspecified atom stereocenters. The summed E-state index contributed by atoms with van der Waals surface area (Å²) in [5.74, 6) is -0.519. The van der Waals surface area contributed by atoms with Gasteiger partial charge in [-0.2, -0.15) is 0 Å². The second kappa shape index (κ2) is 9.86. The molecule has 0 spiro atoms. The summed E-state index contributed by atoms with van der Waals surface area (Å²) in [5, 5.41) is 5.70. The molecule has 0 atom stereocenters. The average Bonchev–Trinajstić information content (AvgIpc) is 2.59. The largest absolute Gasteiger partial charge is 0.383 e. The second-order valence-corrected chi connectivity index (χ2v) is 7.83. The van der Waals surface area contributed by atoms with Crippen molar-refractivity contribution in [2.24, 2.45) is 0 Å². The summed E-state index contributed by atoms with van der Waals surface area (Å²) in [6, 6.07) is 4.62. The van der Waals surface area contributed by atoms with Gasteiger partial charge in [-0.3, -0.25) is 19.5 Å². The van der Waals surface area contributed by atoms with E-state index in [2.05, 4.69) is 31.5 Å². The summed E-state index contributed by atoms with van der Waals surface area (Å²) in [6.07, 6.45) is 0. The number of ether oxygens (including phenoxy) is 1. The van der Waals surface area contributed by atoms with Crippen molar-refractivity contribution in [3.8, 4) is 0 Å². The van der Waals surface area contributed by atoms with Gasteiger partial charge in [-0.25, -0.2) is 9.78 Å². The van der Waals surface area contributed by atoms with Crippen LogP contribution in [0.3, 0.4) is 0 Å². The van der Waals surface area contributed by atoms with Crippen LogP contribution in [0.2, 0.25) is 0 Å². The van der Waals surface area contributed by atoms with Crippen LogP contribution in [0.5, 0.6) is 0 Å². The van der Waals surface area contributed by atoms with Crippen LogP contribution in [-0.4, -0.2) is 47.0 Å². The number of halogens is 1. The Morgan fingerprint density at radius 2 is 2.11 bits per heavy atom. The highest BCUT2D eigenvalue weighted by molar-refractivity contribution is 9.10. The lowest BCUT2D eigenvalue weighted by Gasteiger charge is -2.13. The molecule has 2 N–H and O–H groups in total. The van der Waals surface area contributed by atoms with E-state index in [0.29, 0.717) is 29.2 Å². The maximum absolute atomic E-state index is 12.8. The normalized spacial score (nSPS) is 11.0. The Hall–Kier alpha value is -1.91. The number of carbonyl (C=O) groups is 2. The van der Waals surface area contributed by atoms with Gasteiger partial charge >= 0.3 is 6.03 Å². The number of benzene rings is 1. The zero-order valence-corrected chi connectivity index (χ0v) is 17.6. The van der Waals surface area contributed by atoms with E-state index in [1.54, 1.807) is 39.2 Å². The van der Waals surface area contributed by atoms with Crippen LogP contribution >= 0.6 is 27.7 Å². The molecule has 3 amide bonds. The lowest BCUT2D eigenvalue weighted by molar-refractivity contribution is -0.117. The van der Waals surface area contributed by atoms with E-state index in [-0.39, 0.29) is 17.4 Å². The van der Waals surface area contributed by atoms with Crippen molar-refractivity contribution in [1.29, 1.82) is 0 Å². The first-order valence-electron chi connectivity index (χ1n) is 8.24. The smallest absolute Gasteiger partial charge is 0.321 e. The number of urea groups is 1. The van der Waals surface area contributed by atoms with Gasteiger partial charge in [-0.15, -0.1) is 0 Å². The van der Waals surface area contributed by atoms with Crippen LogP contribution in [-0.2, 0) is 16.1 Å². The third-order valence-electron chi connectivity index (χ3n) is 3.41. The molecule has 8 nitrogen and oxygen atoms in total. The number of thioether (sulfide) groups is 1. The van der Waals surface area contributed by atoms with Crippen LogP contribution in [0.4, 0.5) is 4.79 Å². The number of aromatic nitrogens is 2. The number of hydrogen-bond donors (Lipinski definition) is 2. The van der Waals surface area contributed by atoms with Crippen LogP contribution in [0.1, 0.15) is 13.8 Å². The highest BCUT2D eigenvalue weighted by atomic mass is 79.9. The fourth-order valence-electron chi connectivity index (χ4n) is 2.25. The van der Waals surface area contributed by atoms with Gasteiger partial charge in [-0.1, -0.05) is 27.7 Å². The first kappa shape index (κ1) is 21.4. The Balaban J connectivity index is 2.23. The van der Waals surface area contributed by atoms with Crippen molar-refractivity contribution in [1.82, 2.24) is 20.2 Å². The minimum absolute atomic E-state index is 0.0486. The zero-order valence-electron chi connectivity index (χ0n) is 15.2. The Bertz CT molecular complexity index is 900. The molecule has 0 saturated carbocycles. The molecule has 10 heteroatoms. The minimum Gasteiger partial charge on any atom is -0.383 e. The van der Waals surface area contributed by atoms with Gasteiger partial charge in [-0.05, 0) is 32.0 Å². The summed E-state index contributed by atoms with van der Waals surface area (Å²) in [5.41, 5.74) is 0.330. The molecule has 2 rings (SSSR count). The third-order valence-corrected chi connectivity index (χ3v) is 4.87. The highest BCUT2D eigenvalue weighted by Gasteiger charge is 2.15. The Morgan fingerprint density at radius 3 is 2.78 bits per heavy atom. The van der Waals surface area contributed by atoms with E-state index in [4.69, 9.17) is 4.74 Å². The van der Waals surface area contributed by atoms with Gasteiger partial charge in [0.15, 0.2) is 5.16 Å². The Kier molecular flexibility index (Phi) is 7.81. The van der Waals surface area contributed by atoms with Gasteiger partial charge < -0.3 is 10.1 Å². The lowest BCUT2D eigenvalue weighted by atomic mass is 10.2. The quantitative estimate of drug-likeness (QED) is 0.488. The molecule has 0 saturated heterocycles. The topological polar surface area (TPSA) is 102 Å². The Morgan fingerprint density at radius 1 is 1.37 bits per heavy atom. The van der Waals surface area contributed by atoms with Crippen LogP contribution in [0, 0.1) is 0 Å². The van der Waals surface area contributed by atoms with Crippen LogP contribution < -0.4 is 16.2 Å². The van der Waals surface area contributed by atoms with E-state index < -0.39 is 11.9 Å². The van der Waals surface area contributed by atoms with Gasteiger partial charge in [0.05, 0.1) is 29.8 Å². The molecule has 1 aromatic heterocycles. The Labute approximate surface area is 169 Å². The van der Waals surface area contributed by atoms with E-state index in [9.17, 15) is 14.4 Å². The van der Waals surface area contributed by atoms with E-state index in [0.717, 1.165) is 16.2 Å². The molecule has 27 heavy (non-hydrogen) atoms. The summed E-state index contributed by atoms with van der Waals surface area (Å²) in [7, 11) is 1.55. The highest BCUT2D eigenvalue weighted by Crippen LogP contribution is 2.20. The molecule has 0 aliphatic carbocycles. The standard InChI is InChI=1S/C17H21BrN4O4S/c1-10(2)19-16(25)21-14(23)9-27-17-20-13-5-4-11(18)8-12(13)15(24)22(17)6-7-26-3/h4-5,8,10H,6-7,9H2,1-3H3,(H2,19,21,23,25). The van der Waals surface area contributed by atoms with E-state index >= 15 is 0 Å². The first-order valence-corrected chi connectivity index (χ1v) is 10.0. The second-order valence-electron chi connectivity index (χ2n) is 5.97. The summed E-state index contributed by atoms with van der Waals surface area (Å²) in [6.45, 7) is 4.23. The summed E-state index contributed by atoms with van der Waals surface area (Å²) < 4.78 is 7.33. The summed E-state index contributed by atoms with van der Waals surface area (Å²) >= 11 is 4.45. The first-order chi connectivity index (χ1) is 12.8. The summed E-state index contributed by atoms with van der Waals surface area (Å²) in [4.78, 5) is 40.9. The number of nitrogens with one attached hydrogen (secondary N) is 2. The lowest BCUT2D eigenvalue weighted by Crippen LogP contribution is -2.43. The van der Waals surface area contributed by atoms with Crippen molar-refractivity contribution in [3.63, 3.8) is 0 Å². The van der Waals surface area contributed by atoms with Crippen LogP contribution in [0.25, 0.3) is 10.9 Å². The van der Waals surface area contributed by atoms with Gasteiger partial charge in [0.25, 0.3) is 5.56 Å². The molecule has 0 bridgehead atoms. The molecular weight excluding hydrogens is 436 g/mol. The van der Waals surface area contributed by atoms with E-state index in [1.165, 1.54) is 4.57 Å². The van der Waals surface area contributed by atoms with Crippen molar-refractivity contribution in [2.75, 3.05) is 19.5 Å². The SMILES string of the molecule is COCCn1c(SCC(=O)NC(=O)NC(C)C)nc2ccc(Br)cc2c1=O. The number of rotatable bonds is 7. The number of methoxy groups -OCH3 is 1. The van der Waals surface area contributed by atoms with Crippen molar-refractivity contribution in [2.45, 2.75) is 31.6 Å². The molecule has 1 aromatic carbocycles. The fraction of sp³-hybridized carbons (Fsp3) is 0.412. The maximum atomic E-state index is 12.8. The molecule has 0 aliphatic rings. The predicted octanol–water partition coefficient (Wildman–Crippen LogP) is 2.13. The van der Waals surface area contributed by atoms with Crippen molar-refractivity contribution >= 4 is 50.5 Å². The molecule has 0 fully saturated rings. The zero-order chi connectivity index (χ0) is 20.0. The number of imide groups is 1. The van der Waals surface area contributed by atoms with E-state index in [1.807, 2.05) is 0 Å². The molecule has 1 heterocycles. The molecule has 0 radical (unpaired) electrons. The third kappa shape index (κ3) is 6.05. The fourth-order valence-corrected chi connectivity index (χ4v) is 3.44. The molecule has 2 aromatic rings. The minimum atomic E-state index is -0.552. The van der Waals surface area contributed by atoms with Crippen molar-refractivity contribution in [3.05, 3.63) is 33.0 Å². The number of hydrogen-bond acceptors (Lipinski definition) is 6. The van der Waals surface area contributed by atoms with Crippen LogP contribution in [0.15, 0.2) is 32.6 Å². The van der Waals surface area contributed by atoms with Gasteiger partial charge in [0.2, 0.25) is 5.91 Å². The number of carbonyl (C=O) groups excluding carboxylic acids is 2. The monoisotopic (exact) mass is 456 g/mol. The van der Waals surface area contributed by atoms with Gasteiger partial charge in [0, 0.05) is 17.6 Å². The number of fused-ring (bicyclic) bond motifs is 1. The molecule has 146 valence electrons. The van der Waals surface area contributed by atoms with Gasteiger partial charge in [0.1, 0.15) is 0 Å². The number of nitrogens with zero attached hydrogens (tertiary/aromatic N) is 2. The molecule has 0 aliphatic heterocycles.